The van der Waals surface area contributed by atoms with Gasteiger partial charge in [-0.2, -0.15) is 0 Å². The second kappa shape index (κ2) is 4.19. The molecule has 0 aromatic heterocycles. The molecule has 1 aliphatic carbocycles. The fourth-order valence-corrected chi connectivity index (χ4v) is 2.62. The summed E-state index contributed by atoms with van der Waals surface area (Å²) in [5.74, 6) is 2.28. The van der Waals surface area contributed by atoms with Gasteiger partial charge in [0.1, 0.15) is 0 Å². The van der Waals surface area contributed by atoms with Crippen molar-refractivity contribution in [1.29, 1.82) is 0 Å². The number of carbonyl (C=O) groups is 1. The Bertz CT molecular complexity index is 486. The molecule has 1 heterocycles. The summed E-state index contributed by atoms with van der Waals surface area (Å²) >= 11 is 0. The van der Waals surface area contributed by atoms with E-state index in [0.717, 1.165) is 17.9 Å². The summed E-state index contributed by atoms with van der Waals surface area (Å²) in [6.45, 7) is 2.20. The minimum atomic E-state index is 0.201. The van der Waals surface area contributed by atoms with E-state index >= 15 is 0 Å². The molecule has 0 saturated heterocycles. The van der Waals surface area contributed by atoms with Gasteiger partial charge in [-0.05, 0) is 12.5 Å². The second-order valence-corrected chi connectivity index (χ2v) is 4.85. The topological polar surface area (TPSA) is 38.8 Å². The highest BCUT2D eigenvalue weighted by molar-refractivity contribution is 5.76. The van der Waals surface area contributed by atoms with E-state index in [2.05, 4.69) is 6.07 Å². The minimum Gasteiger partial charge on any atom is -0.454 e. The first-order valence-electron chi connectivity index (χ1n) is 6.36. The summed E-state index contributed by atoms with van der Waals surface area (Å²) in [5.41, 5.74) is 1.17. The fraction of sp³-hybridized carbons (Fsp3) is 0.500. The Morgan fingerprint density at radius 3 is 3.06 bits per heavy atom. The van der Waals surface area contributed by atoms with E-state index in [1.54, 1.807) is 0 Å². The molecule has 1 aromatic carbocycles. The van der Waals surface area contributed by atoms with Crippen molar-refractivity contribution in [2.24, 2.45) is 0 Å². The van der Waals surface area contributed by atoms with E-state index in [1.807, 2.05) is 31.0 Å². The van der Waals surface area contributed by atoms with Crippen LogP contribution in [0.1, 0.15) is 31.2 Å². The average molecular weight is 247 g/mol. The number of para-hydroxylation sites is 1. The largest absolute Gasteiger partial charge is 0.454 e. The highest BCUT2D eigenvalue weighted by Gasteiger charge is 2.45. The maximum atomic E-state index is 11.7. The van der Waals surface area contributed by atoms with E-state index in [1.165, 1.54) is 5.56 Å². The van der Waals surface area contributed by atoms with Gasteiger partial charge in [-0.1, -0.05) is 19.1 Å². The third-order valence-corrected chi connectivity index (χ3v) is 3.78. The summed E-state index contributed by atoms with van der Waals surface area (Å²) in [6.07, 6.45) is 1.58. The molecular formula is C14H17NO3. The normalized spacial score (nSPS) is 23.9. The summed E-state index contributed by atoms with van der Waals surface area (Å²) in [7, 11) is 1.89. The number of fused-ring (bicyclic) bond motifs is 1. The highest BCUT2D eigenvalue weighted by Crippen LogP contribution is 2.50. The monoisotopic (exact) mass is 247 g/mol. The summed E-state index contributed by atoms with van der Waals surface area (Å²) in [5, 5.41) is 0. The molecule has 0 bridgehead atoms. The predicted molar refractivity (Wildman–Crippen MR) is 66.8 cm³/mol. The molecule has 4 nitrogen and oxygen atoms in total. The van der Waals surface area contributed by atoms with E-state index in [-0.39, 0.29) is 5.91 Å². The fourth-order valence-electron chi connectivity index (χ4n) is 2.62. The smallest absolute Gasteiger partial charge is 0.231 e. The Balaban J connectivity index is 1.79. The summed E-state index contributed by atoms with van der Waals surface area (Å²) in [4.78, 5) is 13.5. The van der Waals surface area contributed by atoms with Crippen molar-refractivity contribution in [2.75, 3.05) is 13.8 Å². The van der Waals surface area contributed by atoms with Crippen LogP contribution in [0.4, 0.5) is 0 Å². The third kappa shape index (κ3) is 1.72. The summed E-state index contributed by atoms with van der Waals surface area (Å²) in [6, 6.07) is 6.29. The van der Waals surface area contributed by atoms with E-state index in [0.29, 0.717) is 25.2 Å². The zero-order chi connectivity index (χ0) is 12.7. The van der Waals surface area contributed by atoms with Crippen LogP contribution < -0.4 is 9.47 Å². The first-order chi connectivity index (χ1) is 8.72. The maximum Gasteiger partial charge on any atom is 0.231 e. The van der Waals surface area contributed by atoms with Crippen molar-refractivity contribution in [3.63, 3.8) is 0 Å². The van der Waals surface area contributed by atoms with Gasteiger partial charge in [-0.15, -0.1) is 0 Å². The van der Waals surface area contributed by atoms with E-state index in [4.69, 9.17) is 9.47 Å². The van der Waals surface area contributed by atoms with Gasteiger partial charge in [-0.25, -0.2) is 0 Å². The Hall–Kier alpha value is -1.71. The number of hydrogen-bond donors (Lipinski definition) is 0. The number of carbonyl (C=O) groups excluding carboxylic acids is 1. The molecule has 2 atom stereocenters. The molecular weight excluding hydrogens is 230 g/mol. The lowest BCUT2D eigenvalue weighted by molar-refractivity contribution is -0.130. The number of nitrogens with zero attached hydrogens (tertiary/aromatic N) is 1. The zero-order valence-corrected chi connectivity index (χ0v) is 10.7. The van der Waals surface area contributed by atoms with Gasteiger partial charge in [-0.3, -0.25) is 4.79 Å². The van der Waals surface area contributed by atoms with Gasteiger partial charge < -0.3 is 14.4 Å². The number of ether oxygens (including phenoxy) is 2. The molecule has 1 saturated carbocycles. The van der Waals surface area contributed by atoms with Gasteiger partial charge in [0.2, 0.25) is 12.7 Å². The molecule has 3 rings (SSSR count). The van der Waals surface area contributed by atoms with Crippen LogP contribution in [-0.4, -0.2) is 30.7 Å². The molecule has 1 amide bonds. The van der Waals surface area contributed by atoms with Crippen molar-refractivity contribution in [2.45, 2.75) is 31.7 Å². The molecule has 0 spiro atoms. The lowest BCUT2D eigenvalue weighted by atomic mass is 10.1. The lowest BCUT2D eigenvalue weighted by Crippen LogP contribution is -2.28. The van der Waals surface area contributed by atoms with Crippen molar-refractivity contribution in [3.8, 4) is 11.5 Å². The Morgan fingerprint density at radius 1 is 1.44 bits per heavy atom. The third-order valence-electron chi connectivity index (χ3n) is 3.78. The molecule has 96 valence electrons. The minimum absolute atomic E-state index is 0.201. The first kappa shape index (κ1) is 11.4. The Labute approximate surface area is 106 Å². The maximum absolute atomic E-state index is 11.7. The number of hydrogen-bond acceptors (Lipinski definition) is 3. The molecule has 4 heteroatoms. The lowest BCUT2D eigenvalue weighted by Gasteiger charge is -2.16. The Kier molecular flexibility index (Phi) is 2.65. The van der Waals surface area contributed by atoms with Gasteiger partial charge in [0.05, 0.1) is 0 Å². The number of benzene rings is 1. The van der Waals surface area contributed by atoms with Crippen molar-refractivity contribution in [1.82, 2.24) is 4.90 Å². The standard InChI is InChI=1S/C14H17NO3/c1-3-13(16)15(2)11-7-10(11)9-5-4-6-12-14(9)18-8-17-12/h4-6,10-11H,3,7-8H2,1-2H3. The van der Waals surface area contributed by atoms with Crippen LogP contribution in [0.3, 0.4) is 0 Å². The van der Waals surface area contributed by atoms with Gasteiger partial charge in [0, 0.05) is 31.0 Å². The van der Waals surface area contributed by atoms with Crippen LogP contribution in [-0.2, 0) is 4.79 Å². The number of amides is 1. The molecule has 0 radical (unpaired) electrons. The van der Waals surface area contributed by atoms with E-state index < -0.39 is 0 Å². The van der Waals surface area contributed by atoms with E-state index in [9.17, 15) is 4.79 Å². The molecule has 1 aromatic rings. The van der Waals surface area contributed by atoms with Crippen molar-refractivity contribution >= 4 is 5.91 Å². The van der Waals surface area contributed by atoms with Gasteiger partial charge in [0.15, 0.2) is 11.5 Å². The van der Waals surface area contributed by atoms with Crippen LogP contribution in [0.5, 0.6) is 11.5 Å². The van der Waals surface area contributed by atoms with Crippen molar-refractivity contribution < 1.29 is 14.3 Å². The molecule has 0 N–H and O–H groups in total. The molecule has 1 aliphatic heterocycles. The van der Waals surface area contributed by atoms with Crippen LogP contribution >= 0.6 is 0 Å². The molecule has 18 heavy (non-hydrogen) atoms. The van der Waals surface area contributed by atoms with Crippen LogP contribution in [0, 0.1) is 0 Å². The number of rotatable bonds is 3. The molecule has 2 unspecified atom stereocenters. The quantitative estimate of drug-likeness (QED) is 0.821. The van der Waals surface area contributed by atoms with Gasteiger partial charge >= 0.3 is 0 Å². The predicted octanol–water partition coefficient (Wildman–Crippen LogP) is 2.14. The average Bonchev–Trinajstić information content (AvgIpc) is 3.04. The van der Waals surface area contributed by atoms with Crippen LogP contribution in [0.2, 0.25) is 0 Å². The van der Waals surface area contributed by atoms with Crippen molar-refractivity contribution in [3.05, 3.63) is 23.8 Å². The summed E-state index contributed by atoms with van der Waals surface area (Å²) < 4.78 is 10.9. The number of likely N-dealkylation sites (N-methyl/N-ethyl adjacent to an activating group) is 1. The van der Waals surface area contributed by atoms with Crippen LogP contribution in [0.25, 0.3) is 0 Å². The van der Waals surface area contributed by atoms with Gasteiger partial charge in [0.25, 0.3) is 0 Å². The highest BCUT2D eigenvalue weighted by atomic mass is 16.7. The second-order valence-electron chi connectivity index (χ2n) is 4.85. The first-order valence-corrected chi connectivity index (χ1v) is 6.36. The molecule has 1 fully saturated rings. The zero-order valence-electron chi connectivity index (χ0n) is 10.7. The Morgan fingerprint density at radius 2 is 2.28 bits per heavy atom. The SMILES string of the molecule is CCC(=O)N(C)C1CC1c1cccc2c1OCO2. The molecule has 2 aliphatic rings. The van der Waals surface area contributed by atoms with Crippen LogP contribution in [0.15, 0.2) is 18.2 Å².